The van der Waals surface area contributed by atoms with E-state index in [1.165, 1.54) is 12.1 Å². The van der Waals surface area contributed by atoms with Crippen LogP contribution >= 0.6 is 11.6 Å². The average molecular weight is 500 g/mol. The number of ether oxygens (including phenoxy) is 3. The Kier molecular flexibility index (Phi) is 7.26. The van der Waals surface area contributed by atoms with Gasteiger partial charge in [-0.05, 0) is 56.0 Å². The van der Waals surface area contributed by atoms with Gasteiger partial charge in [-0.2, -0.15) is 0 Å². The molecule has 2 aromatic carbocycles. The highest BCUT2D eigenvalue weighted by atomic mass is 35.5. The van der Waals surface area contributed by atoms with E-state index in [2.05, 4.69) is 4.99 Å². The molecule has 2 aromatic rings. The maximum Gasteiger partial charge on any atom is 0.315 e. The summed E-state index contributed by atoms with van der Waals surface area (Å²) in [6.07, 6.45) is 0.632. The number of ketones is 1. The predicted molar refractivity (Wildman–Crippen MR) is 131 cm³/mol. The zero-order valence-electron chi connectivity index (χ0n) is 20.1. The summed E-state index contributed by atoms with van der Waals surface area (Å²) in [5.41, 5.74) is 2.36. The number of halogens is 2. The Morgan fingerprint density at radius 1 is 1.14 bits per heavy atom. The topological polar surface area (TPSA) is 74.2 Å². The fraction of sp³-hybridized carbons (Fsp3) is 0.370. The Balaban J connectivity index is 1.82. The minimum absolute atomic E-state index is 0.117. The molecule has 0 N–H and O–H groups in total. The van der Waals surface area contributed by atoms with Crippen molar-refractivity contribution >= 4 is 29.1 Å². The summed E-state index contributed by atoms with van der Waals surface area (Å²) < 4.78 is 31.2. The van der Waals surface area contributed by atoms with Gasteiger partial charge in [-0.15, -0.1) is 0 Å². The van der Waals surface area contributed by atoms with Crippen LogP contribution in [-0.2, 0) is 14.3 Å². The summed E-state index contributed by atoms with van der Waals surface area (Å²) in [5.74, 6) is -2.17. The Bertz CT molecular complexity index is 1220. The molecule has 0 bridgehead atoms. The van der Waals surface area contributed by atoms with E-state index >= 15 is 4.39 Å². The third-order valence-corrected chi connectivity index (χ3v) is 6.95. The van der Waals surface area contributed by atoms with E-state index in [0.29, 0.717) is 34.9 Å². The number of methoxy groups -OCH3 is 2. The quantitative estimate of drug-likeness (QED) is 0.481. The van der Waals surface area contributed by atoms with E-state index in [1.54, 1.807) is 40.2 Å². The van der Waals surface area contributed by atoms with Crippen LogP contribution < -0.4 is 9.47 Å². The lowest BCUT2D eigenvalue weighted by Crippen LogP contribution is -2.38. The van der Waals surface area contributed by atoms with Crippen molar-refractivity contribution in [1.82, 2.24) is 0 Å². The highest BCUT2D eigenvalue weighted by molar-refractivity contribution is 6.31. The third kappa shape index (κ3) is 4.57. The van der Waals surface area contributed by atoms with Crippen LogP contribution in [-0.4, -0.2) is 38.3 Å². The average Bonchev–Trinajstić information content (AvgIpc) is 2.83. The number of rotatable bonds is 6. The van der Waals surface area contributed by atoms with Gasteiger partial charge in [0.25, 0.3) is 0 Å². The summed E-state index contributed by atoms with van der Waals surface area (Å²) >= 11 is 6.43. The first kappa shape index (κ1) is 24.9. The highest BCUT2D eigenvalue weighted by Gasteiger charge is 2.46. The number of nitrogens with zero attached hydrogens (tertiary/aromatic N) is 1. The molecule has 4 rings (SSSR count). The van der Waals surface area contributed by atoms with Crippen molar-refractivity contribution in [3.63, 3.8) is 0 Å². The fourth-order valence-electron chi connectivity index (χ4n) is 5.06. The standard InChI is InChI=1S/C27H27ClFNO5/c1-5-35-27(32)23-14(2)30-19-11-16(15-9-10-21(33-3)22(13-15)34-4)12-20(31)25(19)26(23)24-17(28)7-6-8-18(24)29/h6-10,13,16,23,26H,5,11-12H2,1-4H3/t16-,23?,26-/m0/s1. The van der Waals surface area contributed by atoms with E-state index in [1.807, 2.05) is 12.1 Å². The van der Waals surface area contributed by atoms with Gasteiger partial charge in [0.05, 0.1) is 20.8 Å². The lowest BCUT2D eigenvalue weighted by molar-refractivity contribution is -0.146. The molecule has 0 saturated heterocycles. The molecule has 1 aliphatic heterocycles. The minimum atomic E-state index is -0.940. The van der Waals surface area contributed by atoms with Crippen molar-refractivity contribution < 1.29 is 28.2 Å². The van der Waals surface area contributed by atoms with E-state index in [9.17, 15) is 9.59 Å². The SMILES string of the molecule is CCOC(=O)C1C(C)=NC2=C(C(=O)C[C@@H](c3ccc(OC)c(OC)c3)C2)[C@@H]1c1c(F)cccc1Cl. The maximum absolute atomic E-state index is 15.1. The normalized spacial score (nSPS) is 21.8. The number of aliphatic imine (C=N–C) groups is 1. The molecule has 0 fully saturated rings. The molecule has 0 aromatic heterocycles. The molecular weight excluding hydrogens is 473 g/mol. The lowest BCUT2D eigenvalue weighted by atomic mass is 9.69. The Morgan fingerprint density at radius 2 is 1.89 bits per heavy atom. The molecule has 1 aliphatic carbocycles. The summed E-state index contributed by atoms with van der Waals surface area (Å²) in [6.45, 7) is 3.56. The molecule has 0 saturated carbocycles. The largest absolute Gasteiger partial charge is 0.493 e. The molecule has 0 amide bonds. The second-order valence-electron chi connectivity index (χ2n) is 8.60. The van der Waals surface area contributed by atoms with Crippen LogP contribution in [0, 0.1) is 11.7 Å². The molecule has 1 unspecified atom stereocenters. The predicted octanol–water partition coefficient (Wildman–Crippen LogP) is 5.63. The van der Waals surface area contributed by atoms with Gasteiger partial charge in [0.2, 0.25) is 0 Å². The van der Waals surface area contributed by atoms with Crippen molar-refractivity contribution in [2.45, 2.75) is 38.5 Å². The molecule has 184 valence electrons. The van der Waals surface area contributed by atoms with Gasteiger partial charge >= 0.3 is 5.97 Å². The number of hydrogen-bond donors (Lipinski definition) is 0. The smallest absolute Gasteiger partial charge is 0.315 e. The maximum atomic E-state index is 15.1. The number of carbonyl (C=O) groups excluding carboxylic acids is 2. The first-order valence-corrected chi connectivity index (χ1v) is 11.8. The van der Waals surface area contributed by atoms with Crippen LogP contribution in [0.4, 0.5) is 4.39 Å². The van der Waals surface area contributed by atoms with Gasteiger partial charge < -0.3 is 14.2 Å². The van der Waals surface area contributed by atoms with Crippen molar-refractivity contribution in [1.29, 1.82) is 0 Å². The molecule has 0 spiro atoms. The molecule has 8 heteroatoms. The Morgan fingerprint density at radius 3 is 2.54 bits per heavy atom. The number of benzene rings is 2. The number of hydrogen-bond acceptors (Lipinski definition) is 6. The number of carbonyl (C=O) groups is 2. The van der Waals surface area contributed by atoms with Gasteiger partial charge in [0, 0.05) is 39.9 Å². The first-order chi connectivity index (χ1) is 16.8. The van der Waals surface area contributed by atoms with Gasteiger partial charge in [-0.25, -0.2) is 4.39 Å². The van der Waals surface area contributed by atoms with Crippen LogP contribution in [0.2, 0.25) is 5.02 Å². The Labute approximate surface area is 208 Å². The third-order valence-electron chi connectivity index (χ3n) is 6.62. The number of Topliss-reactive ketones (excluding diaryl/α,β-unsaturated/α-hetero) is 1. The molecular formula is C27H27ClFNO5. The first-order valence-electron chi connectivity index (χ1n) is 11.4. The summed E-state index contributed by atoms with van der Waals surface area (Å²) in [5, 5.41) is 0.153. The molecule has 2 aliphatic rings. The van der Waals surface area contributed by atoms with Gasteiger partial charge in [0.15, 0.2) is 17.3 Å². The number of esters is 1. The molecule has 35 heavy (non-hydrogen) atoms. The van der Waals surface area contributed by atoms with Crippen LogP contribution in [0.3, 0.4) is 0 Å². The molecule has 3 atom stereocenters. The zero-order valence-corrected chi connectivity index (χ0v) is 20.8. The summed E-state index contributed by atoms with van der Waals surface area (Å²) in [4.78, 5) is 31.3. The van der Waals surface area contributed by atoms with Crippen LogP contribution in [0.5, 0.6) is 11.5 Å². The van der Waals surface area contributed by atoms with E-state index in [4.69, 9.17) is 25.8 Å². The lowest BCUT2D eigenvalue weighted by Gasteiger charge is -2.37. The highest BCUT2D eigenvalue weighted by Crippen LogP contribution is 2.49. The van der Waals surface area contributed by atoms with Gasteiger partial charge in [0.1, 0.15) is 11.7 Å². The van der Waals surface area contributed by atoms with E-state index < -0.39 is 23.6 Å². The van der Waals surface area contributed by atoms with Gasteiger partial charge in [-0.1, -0.05) is 23.7 Å². The second kappa shape index (κ2) is 10.2. The van der Waals surface area contributed by atoms with Crippen molar-refractivity contribution in [3.05, 3.63) is 69.6 Å². The summed E-state index contributed by atoms with van der Waals surface area (Å²) in [7, 11) is 3.12. The number of allylic oxidation sites excluding steroid dienone is 2. The second-order valence-corrected chi connectivity index (χ2v) is 9.01. The zero-order chi connectivity index (χ0) is 25.3. The summed E-state index contributed by atoms with van der Waals surface area (Å²) in [6, 6.07) is 9.89. The van der Waals surface area contributed by atoms with Crippen molar-refractivity contribution in [2.24, 2.45) is 10.9 Å². The molecule has 0 radical (unpaired) electrons. The van der Waals surface area contributed by atoms with E-state index in [-0.39, 0.29) is 35.3 Å². The fourth-order valence-corrected chi connectivity index (χ4v) is 5.34. The van der Waals surface area contributed by atoms with E-state index in [0.717, 1.165) is 5.56 Å². The molecule has 6 nitrogen and oxygen atoms in total. The Hall–Kier alpha value is -3.19. The minimum Gasteiger partial charge on any atom is -0.493 e. The van der Waals surface area contributed by atoms with Gasteiger partial charge in [-0.3, -0.25) is 14.6 Å². The van der Waals surface area contributed by atoms with Crippen LogP contribution in [0.15, 0.2) is 52.7 Å². The van der Waals surface area contributed by atoms with Crippen molar-refractivity contribution in [3.8, 4) is 11.5 Å². The monoisotopic (exact) mass is 499 g/mol. The molecule has 1 heterocycles. The van der Waals surface area contributed by atoms with Crippen LogP contribution in [0.1, 0.15) is 49.7 Å². The van der Waals surface area contributed by atoms with Crippen LogP contribution in [0.25, 0.3) is 0 Å². The van der Waals surface area contributed by atoms with Crippen molar-refractivity contribution in [2.75, 3.05) is 20.8 Å².